The third kappa shape index (κ3) is 4.40. The predicted octanol–water partition coefficient (Wildman–Crippen LogP) is 3.13. The lowest BCUT2D eigenvalue weighted by Gasteiger charge is -2.39. The molecule has 162 valence electrons. The molecule has 2 aromatic rings. The van der Waals surface area contributed by atoms with E-state index < -0.39 is 10.0 Å². The van der Waals surface area contributed by atoms with E-state index in [0.717, 1.165) is 39.0 Å². The summed E-state index contributed by atoms with van der Waals surface area (Å²) in [5.74, 6) is 0.376. The topological polar surface area (TPSA) is 60.9 Å². The molecule has 2 aliphatic rings. The highest BCUT2D eigenvalue weighted by Gasteiger charge is 2.35. The van der Waals surface area contributed by atoms with E-state index in [1.54, 1.807) is 21.8 Å². The molecule has 0 unspecified atom stereocenters. The first-order chi connectivity index (χ1) is 14.5. The van der Waals surface area contributed by atoms with Gasteiger partial charge in [0.2, 0.25) is 5.91 Å². The molecule has 0 aliphatic carbocycles. The Hall–Kier alpha value is -1.90. The molecular formula is C22H29N3O3S2. The second-order valence-electron chi connectivity index (χ2n) is 8.11. The normalized spacial score (nSPS) is 20.3. The van der Waals surface area contributed by atoms with Gasteiger partial charge in [-0.15, -0.1) is 11.3 Å². The number of anilines is 1. The minimum Gasteiger partial charge on any atom is -0.368 e. The fraction of sp³-hybridized carbons (Fsp3) is 0.500. The quantitative estimate of drug-likeness (QED) is 0.707. The largest absolute Gasteiger partial charge is 0.368 e. The predicted molar refractivity (Wildman–Crippen MR) is 120 cm³/mol. The Kier molecular flexibility index (Phi) is 6.46. The van der Waals surface area contributed by atoms with Crippen molar-refractivity contribution < 1.29 is 13.2 Å². The molecule has 4 rings (SSSR count). The number of carbonyl (C=O) groups excluding carboxylic acids is 1. The van der Waals surface area contributed by atoms with Crippen LogP contribution in [0.15, 0.2) is 52.1 Å². The standard InChI is InChI=1S/C22H29N3O3S2/c1-18(19-9-11-25(12-10-19)30(27,28)21-8-5-17-29-21)22(26)24-15-13-23(14-16-24)20-6-3-2-4-7-20/h2-8,17-19H,9-16H2,1H3/t18-/m0/s1. The molecule has 0 radical (unpaired) electrons. The second-order valence-corrected chi connectivity index (χ2v) is 11.2. The Morgan fingerprint density at radius 2 is 1.63 bits per heavy atom. The van der Waals surface area contributed by atoms with Crippen molar-refractivity contribution in [2.45, 2.75) is 24.0 Å². The van der Waals surface area contributed by atoms with Crippen molar-refractivity contribution in [2.75, 3.05) is 44.2 Å². The first kappa shape index (κ1) is 21.3. The monoisotopic (exact) mass is 447 g/mol. The van der Waals surface area contributed by atoms with Crippen LogP contribution in [0.5, 0.6) is 0 Å². The highest BCUT2D eigenvalue weighted by atomic mass is 32.2. The Morgan fingerprint density at radius 1 is 0.967 bits per heavy atom. The molecule has 0 N–H and O–H groups in total. The van der Waals surface area contributed by atoms with Crippen molar-refractivity contribution in [2.24, 2.45) is 11.8 Å². The lowest BCUT2D eigenvalue weighted by molar-refractivity contribution is -0.137. The number of hydrogen-bond donors (Lipinski definition) is 0. The Morgan fingerprint density at radius 3 is 2.23 bits per heavy atom. The minimum atomic E-state index is -3.39. The number of piperidine rings is 1. The molecule has 2 saturated heterocycles. The van der Waals surface area contributed by atoms with Gasteiger partial charge in [-0.25, -0.2) is 8.42 Å². The maximum Gasteiger partial charge on any atom is 0.252 e. The lowest BCUT2D eigenvalue weighted by atomic mass is 9.85. The van der Waals surface area contributed by atoms with Crippen LogP contribution in [0.25, 0.3) is 0 Å². The first-order valence-corrected chi connectivity index (χ1v) is 12.9. The zero-order chi connectivity index (χ0) is 21.1. The fourth-order valence-electron chi connectivity index (χ4n) is 4.47. The summed E-state index contributed by atoms with van der Waals surface area (Å²) in [5.41, 5.74) is 1.21. The van der Waals surface area contributed by atoms with E-state index in [4.69, 9.17) is 0 Å². The summed E-state index contributed by atoms with van der Waals surface area (Å²) in [6.45, 7) is 6.17. The number of nitrogens with zero attached hydrogens (tertiary/aromatic N) is 3. The fourth-order valence-corrected chi connectivity index (χ4v) is 7.08. The number of benzene rings is 1. The SMILES string of the molecule is C[C@H](C(=O)N1CCN(c2ccccc2)CC1)C1CCN(S(=O)(=O)c2cccs2)CC1. The van der Waals surface area contributed by atoms with E-state index >= 15 is 0 Å². The van der Waals surface area contributed by atoms with Gasteiger partial charge in [-0.05, 0) is 42.3 Å². The van der Waals surface area contributed by atoms with E-state index in [-0.39, 0.29) is 17.7 Å². The lowest BCUT2D eigenvalue weighted by Crippen LogP contribution is -2.51. The number of rotatable bonds is 5. The molecule has 2 aliphatic heterocycles. The summed E-state index contributed by atoms with van der Waals surface area (Å²) < 4.78 is 27.4. The van der Waals surface area contributed by atoms with Crippen LogP contribution in [0.2, 0.25) is 0 Å². The summed E-state index contributed by atoms with van der Waals surface area (Å²) in [6, 6.07) is 13.7. The van der Waals surface area contributed by atoms with Gasteiger partial charge in [-0.1, -0.05) is 31.2 Å². The van der Waals surface area contributed by atoms with Gasteiger partial charge < -0.3 is 9.80 Å². The first-order valence-electron chi connectivity index (χ1n) is 10.6. The van der Waals surface area contributed by atoms with Gasteiger partial charge in [0.05, 0.1) is 0 Å². The van der Waals surface area contributed by atoms with E-state index in [1.807, 2.05) is 30.0 Å². The van der Waals surface area contributed by atoms with E-state index in [1.165, 1.54) is 17.0 Å². The summed E-state index contributed by atoms with van der Waals surface area (Å²) in [5, 5.41) is 1.79. The van der Waals surface area contributed by atoms with Gasteiger partial charge in [-0.3, -0.25) is 4.79 Å². The van der Waals surface area contributed by atoms with Crippen LogP contribution in [0, 0.1) is 11.8 Å². The molecule has 30 heavy (non-hydrogen) atoms. The highest BCUT2D eigenvalue weighted by Crippen LogP contribution is 2.31. The number of piperazine rings is 1. The van der Waals surface area contributed by atoms with Crippen molar-refractivity contribution in [3.05, 3.63) is 47.8 Å². The maximum atomic E-state index is 13.1. The maximum absolute atomic E-state index is 13.1. The molecule has 1 amide bonds. The van der Waals surface area contributed by atoms with Crippen molar-refractivity contribution in [1.29, 1.82) is 0 Å². The number of amides is 1. The molecular weight excluding hydrogens is 418 g/mol. The molecule has 1 aromatic heterocycles. The van der Waals surface area contributed by atoms with Crippen LogP contribution in [-0.2, 0) is 14.8 Å². The summed E-state index contributed by atoms with van der Waals surface area (Å²) in [4.78, 5) is 17.4. The van der Waals surface area contributed by atoms with E-state index in [0.29, 0.717) is 17.3 Å². The van der Waals surface area contributed by atoms with Crippen LogP contribution in [-0.4, -0.2) is 62.8 Å². The number of para-hydroxylation sites is 1. The summed E-state index contributed by atoms with van der Waals surface area (Å²) in [7, 11) is -3.39. The van der Waals surface area contributed by atoms with Gasteiger partial charge in [0, 0.05) is 50.9 Å². The van der Waals surface area contributed by atoms with Crippen LogP contribution in [0.4, 0.5) is 5.69 Å². The third-order valence-corrected chi connectivity index (χ3v) is 9.67. The Bertz CT molecular complexity index is 931. The van der Waals surface area contributed by atoms with Crippen LogP contribution >= 0.6 is 11.3 Å². The van der Waals surface area contributed by atoms with E-state index in [9.17, 15) is 13.2 Å². The zero-order valence-corrected chi connectivity index (χ0v) is 18.9. The molecule has 8 heteroatoms. The van der Waals surface area contributed by atoms with Gasteiger partial charge >= 0.3 is 0 Å². The summed E-state index contributed by atoms with van der Waals surface area (Å²) >= 11 is 1.26. The van der Waals surface area contributed by atoms with Gasteiger partial charge in [0.1, 0.15) is 4.21 Å². The van der Waals surface area contributed by atoms with Crippen LogP contribution in [0.1, 0.15) is 19.8 Å². The molecule has 2 fully saturated rings. The van der Waals surface area contributed by atoms with E-state index in [2.05, 4.69) is 17.0 Å². The Labute approximate surface area is 183 Å². The van der Waals surface area contributed by atoms with Crippen LogP contribution < -0.4 is 4.90 Å². The number of thiophene rings is 1. The third-order valence-electron chi connectivity index (χ3n) is 6.40. The molecule has 1 atom stereocenters. The van der Waals surface area contributed by atoms with Crippen molar-refractivity contribution in [1.82, 2.24) is 9.21 Å². The minimum absolute atomic E-state index is 0.0696. The Balaban J connectivity index is 1.29. The molecule has 0 spiro atoms. The molecule has 1 aromatic carbocycles. The number of hydrogen-bond acceptors (Lipinski definition) is 5. The van der Waals surface area contributed by atoms with Gasteiger partial charge in [0.15, 0.2) is 0 Å². The molecule has 0 saturated carbocycles. The summed E-state index contributed by atoms with van der Waals surface area (Å²) in [6.07, 6.45) is 1.48. The van der Waals surface area contributed by atoms with Crippen molar-refractivity contribution in [3.8, 4) is 0 Å². The smallest absolute Gasteiger partial charge is 0.252 e. The zero-order valence-electron chi connectivity index (χ0n) is 17.3. The van der Waals surface area contributed by atoms with Crippen LogP contribution in [0.3, 0.4) is 0 Å². The van der Waals surface area contributed by atoms with Gasteiger partial charge in [0.25, 0.3) is 10.0 Å². The van der Waals surface area contributed by atoms with Crippen molar-refractivity contribution in [3.63, 3.8) is 0 Å². The average molecular weight is 448 g/mol. The molecule has 6 nitrogen and oxygen atoms in total. The van der Waals surface area contributed by atoms with Gasteiger partial charge in [-0.2, -0.15) is 4.31 Å². The number of carbonyl (C=O) groups is 1. The molecule has 3 heterocycles. The second kappa shape index (κ2) is 9.08. The highest BCUT2D eigenvalue weighted by molar-refractivity contribution is 7.91. The molecule has 0 bridgehead atoms. The number of sulfonamides is 1. The average Bonchev–Trinajstić information content (AvgIpc) is 3.35. The van der Waals surface area contributed by atoms with Crippen molar-refractivity contribution >= 4 is 33.0 Å².